The molecule has 1 aromatic carbocycles. The number of rotatable bonds is 5. The molecule has 2 atom stereocenters. The van der Waals surface area contributed by atoms with Gasteiger partial charge in [-0.3, -0.25) is 4.79 Å². The minimum absolute atomic E-state index is 0.0166. The van der Waals surface area contributed by atoms with Gasteiger partial charge in [-0.25, -0.2) is 5.43 Å². The van der Waals surface area contributed by atoms with Crippen molar-refractivity contribution in [2.24, 2.45) is 10.5 Å². The molecule has 1 amide bonds. The van der Waals surface area contributed by atoms with E-state index >= 15 is 0 Å². The molecule has 0 saturated carbocycles. The molecule has 1 N–H and O–H groups in total. The SMILES string of the molecule is CPC(CC(C)(C)C)C(=O)N/N=C/c1ccccc1. The maximum absolute atomic E-state index is 12.0. The van der Waals surface area contributed by atoms with Gasteiger partial charge in [0.2, 0.25) is 5.91 Å². The minimum Gasteiger partial charge on any atom is -0.272 e. The monoisotopic (exact) mass is 278 g/mol. The van der Waals surface area contributed by atoms with Crippen LogP contribution >= 0.6 is 8.58 Å². The largest absolute Gasteiger partial charge is 0.272 e. The summed E-state index contributed by atoms with van der Waals surface area (Å²) in [7, 11) is 0.595. The van der Waals surface area contributed by atoms with Gasteiger partial charge in [-0.05, 0) is 24.1 Å². The highest BCUT2D eigenvalue weighted by Gasteiger charge is 2.23. The summed E-state index contributed by atoms with van der Waals surface area (Å²) in [5.74, 6) is 0.0166. The third-order valence-corrected chi connectivity index (χ3v) is 3.83. The maximum atomic E-state index is 12.0. The fourth-order valence-electron chi connectivity index (χ4n) is 1.73. The molecule has 0 heterocycles. The fourth-order valence-corrected chi connectivity index (χ4v) is 2.87. The number of hydrogen-bond acceptors (Lipinski definition) is 2. The summed E-state index contributed by atoms with van der Waals surface area (Å²) in [6, 6.07) is 9.74. The van der Waals surface area contributed by atoms with E-state index in [1.165, 1.54) is 0 Å². The van der Waals surface area contributed by atoms with Crippen LogP contribution in [0.2, 0.25) is 0 Å². The molecular weight excluding hydrogens is 255 g/mol. The van der Waals surface area contributed by atoms with Gasteiger partial charge in [-0.1, -0.05) is 51.1 Å². The van der Waals surface area contributed by atoms with Crippen molar-refractivity contribution in [1.29, 1.82) is 0 Å². The Morgan fingerprint density at radius 3 is 2.53 bits per heavy atom. The molecule has 2 unspecified atom stereocenters. The molecule has 1 rings (SSSR count). The maximum Gasteiger partial charge on any atom is 0.247 e. The summed E-state index contributed by atoms with van der Waals surface area (Å²) in [6.45, 7) is 8.53. The number of carbonyl (C=O) groups excluding carboxylic acids is 1. The molecule has 4 heteroatoms. The lowest BCUT2D eigenvalue weighted by molar-refractivity contribution is -0.121. The second kappa shape index (κ2) is 7.40. The van der Waals surface area contributed by atoms with Crippen molar-refractivity contribution in [3.63, 3.8) is 0 Å². The van der Waals surface area contributed by atoms with Crippen LogP contribution in [-0.2, 0) is 4.79 Å². The Balaban J connectivity index is 2.52. The molecule has 1 aromatic rings. The lowest BCUT2D eigenvalue weighted by atomic mass is 9.90. The third-order valence-electron chi connectivity index (χ3n) is 2.67. The molecule has 0 radical (unpaired) electrons. The number of hydrazone groups is 1. The van der Waals surface area contributed by atoms with Gasteiger partial charge in [0.15, 0.2) is 0 Å². The Bertz CT molecular complexity index is 424. The van der Waals surface area contributed by atoms with Crippen LogP contribution in [0.1, 0.15) is 32.8 Å². The molecule has 0 aliphatic carbocycles. The predicted molar refractivity (Wildman–Crippen MR) is 84.3 cm³/mol. The second-order valence-corrected chi connectivity index (χ2v) is 7.03. The van der Waals surface area contributed by atoms with Crippen LogP contribution in [0.4, 0.5) is 0 Å². The van der Waals surface area contributed by atoms with Crippen molar-refractivity contribution in [2.45, 2.75) is 32.9 Å². The summed E-state index contributed by atoms with van der Waals surface area (Å²) in [4.78, 5) is 12.0. The van der Waals surface area contributed by atoms with Gasteiger partial charge < -0.3 is 0 Å². The van der Waals surface area contributed by atoms with Crippen LogP contribution < -0.4 is 5.43 Å². The smallest absolute Gasteiger partial charge is 0.247 e. The molecule has 0 aromatic heterocycles. The molecule has 19 heavy (non-hydrogen) atoms. The average molecular weight is 278 g/mol. The van der Waals surface area contributed by atoms with Crippen LogP contribution in [0, 0.1) is 5.41 Å². The Kier molecular flexibility index (Phi) is 6.17. The van der Waals surface area contributed by atoms with Crippen LogP contribution in [0.15, 0.2) is 35.4 Å². The normalized spacial score (nSPS) is 14.1. The number of benzene rings is 1. The third kappa shape index (κ3) is 6.49. The number of carbonyl (C=O) groups is 1. The first-order chi connectivity index (χ1) is 8.92. The first-order valence-electron chi connectivity index (χ1n) is 6.47. The van der Waals surface area contributed by atoms with Crippen molar-refractivity contribution >= 4 is 20.7 Å². The van der Waals surface area contributed by atoms with Crippen molar-refractivity contribution < 1.29 is 4.79 Å². The first kappa shape index (κ1) is 15.8. The van der Waals surface area contributed by atoms with E-state index in [1.54, 1.807) is 6.21 Å². The van der Waals surface area contributed by atoms with E-state index in [1.807, 2.05) is 30.3 Å². The zero-order valence-electron chi connectivity index (χ0n) is 12.1. The number of amides is 1. The minimum atomic E-state index is 0.0166. The van der Waals surface area contributed by atoms with Crippen LogP contribution in [0.5, 0.6) is 0 Å². The molecule has 0 fully saturated rings. The Labute approximate surface area is 117 Å². The zero-order chi connectivity index (χ0) is 14.3. The molecule has 0 saturated heterocycles. The standard InChI is InChI=1S/C15H23N2OP/c1-15(2,3)10-13(19-4)14(18)17-16-11-12-8-6-5-7-9-12/h5-9,11,13,19H,10H2,1-4H3,(H,17,18)/b16-11+. The van der Waals surface area contributed by atoms with Crippen LogP contribution in [-0.4, -0.2) is 24.4 Å². The van der Waals surface area contributed by atoms with Gasteiger partial charge in [0, 0.05) is 0 Å². The van der Waals surface area contributed by atoms with E-state index in [0.29, 0.717) is 8.58 Å². The van der Waals surface area contributed by atoms with Crippen molar-refractivity contribution in [3.05, 3.63) is 35.9 Å². The predicted octanol–water partition coefficient (Wildman–Crippen LogP) is 3.25. The van der Waals surface area contributed by atoms with Gasteiger partial charge in [0.25, 0.3) is 0 Å². The molecule has 104 valence electrons. The molecule has 0 spiro atoms. The number of hydrogen-bond donors (Lipinski definition) is 1. The van der Waals surface area contributed by atoms with E-state index in [2.05, 4.69) is 38.0 Å². The summed E-state index contributed by atoms with van der Waals surface area (Å²) in [5.41, 5.74) is 3.83. The fraction of sp³-hybridized carbons (Fsp3) is 0.467. The molecule has 3 nitrogen and oxygen atoms in total. The lowest BCUT2D eigenvalue weighted by Gasteiger charge is -2.23. The summed E-state index contributed by atoms with van der Waals surface area (Å²) in [5, 5.41) is 4.02. The van der Waals surface area contributed by atoms with Gasteiger partial charge in [-0.2, -0.15) is 5.10 Å². The van der Waals surface area contributed by atoms with E-state index in [4.69, 9.17) is 0 Å². The van der Waals surface area contributed by atoms with Gasteiger partial charge in [-0.15, -0.1) is 8.58 Å². The Morgan fingerprint density at radius 1 is 1.37 bits per heavy atom. The lowest BCUT2D eigenvalue weighted by Crippen LogP contribution is -2.31. The van der Waals surface area contributed by atoms with Gasteiger partial charge in [0.1, 0.15) is 0 Å². The van der Waals surface area contributed by atoms with Gasteiger partial charge in [0.05, 0.1) is 11.9 Å². The molecule has 0 bridgehead atoms. The quantitative estimate of drug-likeness (QED) is 0.501. The van der Waals surface area contributed by atoms with Crippen LogP contribution in [0.3, 0.4) is 0 Å². The van der Waals surface area contributed by atoms with Crippen LogP contribution in [0.25, 0.3) is 0 Å². The second-order valence-electron chi connectivity index (χ2n) is 5.75. The molecule has 0 aliphatic heterocycles. The Morgan fingerprint density at radius 2 is 2.00 bits per heavy atom. The van der Waals surface area contributed by atoms with E-state index in [9.17, 15) is 4.79 Å². The summed E-state index contributed by atoms with van der Waals surface area (Å²) in [6.07, 6.45) is 2.56. The highest BCUT2D eigenvalue weighted by atomic mass is 31.1. The number of nitrogens with zero attached hydrogens (tertiary/aromatic N) is 1. The Hall–Kier alpha value is -1.21. The van der Waals surface area contributed by atoms with Gasteiger partial charge >= 0.3 is 0 Å². The summed E-state index contributed by atoms with van der Waals surface area (Å²) < 4.78 is 0. The van der Waals surface area contributed by atoms with Crippen molar-refractivity contribution in [2.75, 3.05) is 6.66 Å². The topological polar surface area (TPSA) is 41.5 Å². The number of nitrogens with one attached hydrogen (secondary N) is 1. The highest BCUT2D eigenvalue weighted by Crippen LogP contribution is 2.29. The molecule has 0 aliphatic rings. The van der Waals surface area contributed by atoms with E-state index in [-0.39, 0.29) is 17.0 Å². The van der Waals surface area contributed by atoms with Crippen molar-refractivity contribution in [3.8, 4) is 0 Å². The average Bonchev–Trinajstić information content (AvgIpc) is 2.36. The van der Waals surface area contributed by atoms with Crippen molar-refractivity contribution in [1.82, 2.24) is 5.43 Å². The summed E-state index contributed by atoms with van der Waals surface area (Å²) >= 11 is 0. The van der Waals surface area contributed by atoms with E-state index in [0.717, 1.165) is 12.0 Å². The zero-order valence-corrected chi connectivity index (χ0v) is 13.1. The highest BCUT2D eigenvalue weighted by molar-refractivity contribution is 7.39. The van der Waals surface area contributed by atoms with E-state index < -0.39 is 0 Å². The molecular formula is C15H23N2OP. The first-order valence-corrected chi connectivity index (χ1v) is 8.05.